The summed E-state index contributed by atoms with van der Waals surface area (Å²) in [4.78, 5) is 0. The van der Waals surface area contributed by atoms with Crippen molar-refractivity contribution in [2.75, 3.05) is 0 Å². The smallest absolute Gasteiger partial charge is 0.0204 e. The van der Waals surface area contributed by atoms with E-state index >= 15 is 0 Å². The van der Waals surface area contributed by atoms with E-state index in [9.17, 15) is 0 Å². The van der Waals surface area contributed by atoms with Gasteiger partial charge in [0.05, 0.1) is 0 Å². The Morgan fingerprint density at radius 2 is 1.80 bits per heavy atom. The molecule has 84 valence electrons. The molecule has 0 atom stereocenters. The van der Waals surface area contributed by atoms with Gasteiger partial charge in [0.2, 0.25) is 0 Å². The number of unbranched alkanes of at least 4 members (excludes halogenated alkanes) is 4. The highest BCUT2D eigenvalue weighted by atomic mass is 79.9. The van der Waals surface area contributed by atoms with Crippen LogP contribution in [0.4, 0.5) is 0 Å². The third-order valence-electron chi connectivity index (χ3n) is 2.79. The Hall–Kier alpha value is -0.300. The minimum Gasteiger partial charge on any atom is -0.0654 e. The average molecular weight is 269 g/mol. The molecule has 0 aliphatic heterocycles. The molecule has 1 heteroatoms. The fraction of sp³-hybridized carbons (Fsp3) is 0.571. The molecule has 0 nitrogen and oxygen atoms in total. The Balaban J connectivity index is 2.28. The zero-order valence-corrected chi connectivity index (χ0v) is 11.4. The number of benzene rings is 1. The van der Waals surface area contributed by atoms with Crippen molar-refractivity contribution >= 4 is 15.9 Å². The van der Waals surface area contributed by atoms with E-state index in [1.54, 1.807) is 0 Å². The Labute approximate surface area is 102 Å². The SMILES string of the molecule is CCCCCCCc1ccc(Br)c(C)c1. The van der Waals surface area contributed by atoms with Crippen molar-refractivity contribution in [3.8, 4) is 0 Å². The van der Waals surface area contributed by atoms with Crippen LogP contribution in [0.5, 0.6) is 0 Å². The summed E-state index contributed by atoms with van der Waals surface area (Å²) < 4.78 is 1.22. The summed E-state index contributed by atoms with van der Waals surface area (Å²) in [5.41, 5.74) is 2.83. The number of hydrogen-bond acceptors (Lipinski definition) is 0. The number of aryl methyl sites for hydroxylation is 2. The second-order valence-electron chi connectivity index (χ2n) is 4.25. The molecule has 0 heterocycles. The lowest BCUT2D eigenvalue weighted by Gasteiger charge is -2.04. The van der Waals surface area contributed by atoms with Crippen molar-refractivity contribution in [3.05, 3.63) is 33.8 Å². The van der Waals surface area contributed by atoms with Gasteiger partial charge in [-0.3, -0.25) is 0 Å². The molecular formula is C14H21Br. The van der Waals surface area contributed by atoms with Crippen molar-refractivity contribution in [2.24, 2.45) is 0 Å². The molecule has 0 spiro atoms. The lowest BCUT2D eigenvalue weighted by atomic mass is 10.0. The van der Waals surface area contributed by atoms with Crippen LogP contribution in [0.1, 0.15) is 50.2 Å². The third kappa shape index (κ3) is 4.83. The standard InChI is InChI=1S/C14H21Br/c1-3-4-5-6-7-8-13-9-10-14(15)12(2)11-13/h9-11H,3-8H2,1-2H3. The van der Waals surface area contributed by atoms with Crippen LogP contribution in [0.15, 0.2) is 22.7 Å². The van der Waals surface area contributed by atoms with E-state index in [0.29, 0.717) is 0 Å². The van der Waals surface area contributed by atoms with Gasteiger partial charge in [-0.2, -0.15) is 0 Å². The van der Waals surface area contributed by atoms with Gasteiger partial charge in [0.15, 0.2) is 0 Å². The molecular weight excluding hydrogens is 248 g/mol. The van der Waals surface area contributed by atoms with Gasteiger partial charge in [-0.05, 0) is 37.0 Å². The van der Waals surface area contributed by atoms with E-state index in [-0.39, 0.29) is 0 Å². The molecule has 0 bridgehead atoms. The fourth-order valence-corrected chi connectivity index (χ4v) is 2.04. The van der Waals surface area contributed by atoms with Gasteiger partial charge in [-0.1, -0.05) is 60.7 Å². The molecule has 0 amide bonds. The summed E-state index contributed by atoms with van der Waals surface area (Å²) in [5.74, 6) is 0. The van der Waals surface area contributed by atoms with Gasteiger partial charge in [-0.15, -0.1) is 0 Å². The van der Waals surface area contributed by atoms with Crippen LogP contribution in [0.25, 0.3) is 0 Å². The zero-order chi connectivity index (χ0) is 11.1. The highest BCUT2D eigenvalue weighted by Gasteiger charge is 1.97. The van der Waals surface area contributed by atoms with Crippen molar-refractivity contribution in [3.63, 3.8) is 0 Å². The minimum atomic E-state index is 1.22. The van der Waals surface area contributed by atoms with Crippen LogP contribution >= 0.6 is 15.9 Å². The average Bonchev–Trinajstić information content (AvgIpc) is 2.23. The predicted octanol–water partition coefficient (Wildman–Crippen LogP) is 5.27. The molecule has 0 aliphatic carbocycles. The number of halogens is 1. The van der Waals surface area contributed by atoms with E-state index in [1.165, 1.54) is 54.1 Å². The van der Waals surface area contributed by atoms with E-state index in [0.717, 1.165) is 0 Å². The molecule has 0 aromatic heterocycles. The van der Waals surface area contributed by atoms with Gasteiger partial charge < -0.3 is 0 Å². The molecule has 0 saturated carbocycles. The van der Waals surface area contributed by atoms with E-state index in [2.05, 4.69) is 48.0 Å². The summed E-state index contributed by atoms with van der Waals surface area (Å²) in [5, 5.41) is 0. The summed E-state index contributed by atoms with van der Waals surface area (Å²) in [6.07, 6.45) is 8.06. The second kappa shape index (κ2) is 7.05. The van der Waals surface area contributed by atoms with Crippen LogP contribution in [0.3, 0.4) is 0 Å². The van der Waals surface area contributed by atoms with E-state index in [1.807, 2.05) is 0 Å². The first-order valence-electron chi connectivity index (χ1n) is 5.99. The largest absolute Gasteiger partial charge is 0.0654 e. The van der Waals surface area contributed by atoms with Crippen molar-refractivity contribution < 1.29 is 0 Å². The maximum absolute atomic E-state index is 3.53. The lowest BCUT2D eigenvalue weighted by Crippen LogP contribution is -1.87. The summed E-state index contributed by atoms with van der Waals surface area (Å²) in [7, 11) is 0. The lowest BCUT2D eigenvalue weighted by molar-refractivity contribution is 0.632. The van der Waals surface area contributed by atoms with Gasteiger partial charge in [0.1, 0.15) is 0 Å². The first-order chi connectivity index (χ1) is 7.24. The maximum atomic E-state index is 3.53. The molecule has 1 aromatic rings. The van der Waals surface area contributed by atoms with Gasteiger partial charge >= 0.3 is 0 Å². The first-order valence-corrected chi connectivity index (χ1v) is 6.78. The molecule has 0 N–H and O–H groups in total. The molecule has 1 aromatic carbocycles. The number of rotatable bonds is 6. The fourth-order valence-electron chi connectivity index (χ4n) is 1.79. The Kier molecular flexibility index (Phi) is 6.00. The van der Waals surface area contributed by atoms with Crippen LogP contribution < -0.4 is 0 Å². The number of hydrogen-bond donors (Lipinski definition) is 0. The topological polar surface area (TPSA) is 0 Å². The van der Waals surface area contributed by atoms with E-state index < -0.39 is 0 Å². The maximum Gasteiger partial charge on any atom is 0.0204 e. The third-order valence-corrected chi connectivity index (χ3v) is 3.68. The first kappa shape index (κ1) is 12.8. The zero-order valence-electron chi connectivity index (χ0n) is 9.85. The monoisotopic (exact) mass is 268 g/mol. The minimum absolute atomic E-state index is 1.22. The highest BCUT2D eigenvalue weighted by molar-refractivity contribution is 9.10. The highest BCUT2D eigenvalue weighted by Crippen LogP contribution is 2.18. The summed E-state index contributed by atoms with van der Waals surface area (Å²) in [6, 6.07) is 6.69. The van der Waals surface area contributed by atoms with Crippen LogP contribution in [-0.2, 0) is 6.42 Å². The second-order valence-corrected chi connectivity index (χ2v) is 5.10. The van der Waals surface area contributed by atoms with Crippen LogP contribution in [0.2, 0.25) is 0 Å². The van der Waals surface area contributed by atoms with Gasteiger partial charge in [0, 0.05) is 4.47 Å². The molecule has 0 aliphatic rings. The van der Waals surface area contributed by atoms with Gasteiger partial charge in [0.25, 0.3) is 0 Å². The molecule has 0 fully saturated rings. The summed E-state index contributed by atoms with van der Waals surface area (Å²) in [6.45, 7) is 4.42. The van der Waals surface area contributed by atoms with Crippen molar-refractivity contribution in [1.29, 1.82) is 0 Å². The molecule has 0 saturated heterocycles. The predicted molar refractivity (Wildman–Crippen MR) is 71.3 cm³/mol. The Morgan fingerprint density at radius 3 is 2.47 bits per heavy atom. The Morgan fingerprint density at radius 1 is 1.07 bits per heavy atom. The van der Waals surface area contributed by atoms with Crippen molar-refractivity contribution in [2.45, 2.75) is 52.4 Å². The van der Waals surface area contributed by atoms with Crippen LogP contribution in [0, 0.1) is 6.92 Å². The quantitative estimate of drug-likeness (QED) is 0.617. The summed E-state index contributed by atoms with van der Waals surface area (Å²) >= 11 is 3.53. The molecule has 1 rings (SSSR count). The molecule has 0 radical (unpaired) electrons. The van der Waals surface area contributed by atoms with Crippen LogP contribution in [-0.4, -0.2) is 0 Å². The normalized spacial score (nSPS) is 10.6. The van der Waals surface area contributed by atoms with Gasteiger partial charge in [-0.25, -0.2) is 0 Å². The Bertz CT molecular complexity index is 291. The molecule has 15 heavy (non-hydrogen) atoms. The van der Waals surface area contributed by atoms with Crippen molar-refractivity contribution in [1.82, 2.24) is 0 Å². The molecule has 0 unspecified atom stereocenters. The van der Waals surface area contributed by atoms with E-state index in [4.69, 9.17) is 0 Å².